The summed E-state index contributed by atoms with van der Waals surface area (Å²) in [5.74, 6) is 0.128. The van der Waals surface area contributed by atoms with Crippen LogP contribution in [0.5, 0.6) is 0 Å². The summed E-state index contributed by atoms with van der Waals surface area (Å²) in [6.07, 6.45) is 5.67. The molecule has 1 amide bonds. The Bertz CT molecular complexity index is 903. The highest BCUT2D eigenvalue weighted by atomic mass is 16.6. The second-order valence-electron chi connectivity index (χ2n) is 12.3. The average Bonchev–Trinajstić information content (AvgIpc) is 3.16. The van der Waals surface area contributed by atoms with E-state index in [-0.39, 0.29) is 35.2 Å². The average molecular weight is 490 g/mol. The zero-order chi connectivity index (χ0) is 25.7. The third-order valence-corrected chi connectivity index (χ3v) is 9.50. The van der Waals surface area contributed by atoms with Crippen molar-refractivity contribution in [2.45, 2.75) is 96.5 Å². The van der Waals surface area contributed by atoms with E-state index in [1.165, 1.54) is 0 Å². The molecule has 0 aromatic heterocycles. The van der Waals surface area contributed by atoms with Crippen LogP contribution in [0.25, 0.3) is 0 Å². The fourth-order valence-electron chi connectivity index (χ4n) is 7.10. The van der Waals surface area contributed by atoms with Crippen LogP contribution in [-0.4, -0.2) is 69.6 Å². The van der Waals surface area contributed by atoms with Crippen molar-refractivity contribution in [2.24, 2.45) is 29.1 Å². The number of carbonyl (C=O) groups is 2. The van der Waals surface area contributed by atoms with Crippen molar-refractivity contribution in [1.29, 1.82) is 0 Å². The van der Waals surface area contributed by atoms with E-state index in [2.05, 4.69) is 20.8 Å². The molecule has 2 saturated carbocycles. The van der Waals surface area contributed by atoms with Crippen LogP contribution in [0.15, 0.2) is 23.3 Å². The third kappa shape index (κ3) is 4.72. The fraction of sp³-hybridized carbons (Fsp3) is 0.786. The standard InChI is InChI=1S/C28H43NO6/c1-16-10-11-17(2)25(35-26(33)29(5)19-8-6-7-9-19)28(34)14-22(31)20(13-18(15-30)24(28)32)23-21(12-16)27(23,3)4/h11,13,16,19-21,23-25,30,32,34H,6-10,12,14-15H2,1-5H3/b17-11-/t16-,20+,21+,23-,24+,25-,28-/m0/s1. The minimum absolute atomic E-state index is 0.0399. The predicted octanol–water partition coefficient (Wildman–Crippen LogP) is 3.61. The summed E-state index contributed by atoms with van der Waals surface area (Å²) >= 11 is 0. The molecule has 35 heavy (non-hydrogen) atoms. The summed E-state index contributed by atoms with van der Waals surface area (Å²) < 4.78 is 5.94. The Kier molecular flexibility index (Phi) is 7.26. The Labute approximate surface area is 209 Å². The summed E-state index contributed by atoms with van der Waals surface area (Å²) in [6, 6.07) is 0.0831. The van der Waals surface area contributed by atoms with Gasteiger partial charge in [-0.1, -0.05) is 45.8 Å². The number of rotatable bonds is 3. The van der Waals surface area contributed by atoms with Gasteiger partial charge in [-0.15, -0.1) is 0 Å². The number of ketones is 1. The second-order valence-corrected chi connectivity index (χ2v) is 12.3. The van der Waals surface area contributed by atoms with Crippen LogP contribution in [0.3, 0.4) is 0 Å². The molecule has 0 aromatic rings. The summed E-state index contributed by atoms with van der Waals surface area (Å²) in [5, 5.41) is 33.5. The highest BCUT2D eigenvalue weighted by Gasteiger charge is 2.63. The first-order valence-corrected chi connectivity index (χ1v) is 13.3. The minimum Gasteiger partial charge on any atom is -0.438 e. The van der Waals surface area contributed by atoms with Gasteiger partial charge >= 0.3 is 6.09 Å². The van der Waals surface area contributed by atoms with Crippen LogP contribution in [0.4, 0.5) is 4.79 Å². The van der Waals surface area contributed by atoms with Gasteiger partial charge in [-0.3, -0.25) is 4.79 Å². The number of aliphatic hydroxyl groups is 3. The van der Waals surface area contributed by atoms with Crippen molar-refractivity contribution >= 4 is 11.9 Å². The molecule has 7 heteroatoms. The molecule has 4 aliphatic rings. The molecule has 0 radical (unpaired) electrons. The van der Waals surface area contributed by atoms with Crippen LogP contribution in [0, 0.1) is 29.1 Å². The Hall–Kier alpha value is -1.70. The van der Waals surface area contributed by atoms with Crippen molar-refractivity contribution in [2.75, 3.05) is 13.7 Å². The van der Waals surface area contributed by atoms with Gasteiger partial charge in [0.05, 0.1) is 6.61 Å². The Morgan fingerprint density at radius 1 is 1.26 bits per heavy atom. The molecule has 196 valence electrons. The first-order chi connectivity index (χ1) is 16.4. The molecule has 2 bridgehead atoms. The summed E-state index contributed by atoms with van der Waals surface area (Å²) in [5.41, 5.74) is -1.27. The normalized spacial score (nSPS) is 41.0. The lowest BCUT2D eigenvalue weighted by Crippen LogP contribution is -2.57. The van der Waals surface area contributed by atoms with Crippen molar-refractivity contribution in [3.8, 4) is 0 Å². The molecule has 2 fully saturated rings. The number of aliphatic hydroxyl groups excluding tert-OH is 2. The molecule has 0 saturated heterocycles. The number of fused-ring (bicyclic) bond motifs is 5. The van der Waals surface area contributed by atoms with Gasteiger partial charge in [0.1, 0.15) is 17.5 Å². The van der Waals surface area contributed by atoms with E-state index in [9.17, 15) is 24.9 Å². The van der Waals surface area contributed by atoms with Crippen molar-refractivity contribution in [3.05, 3.63) is 23.3 Å². The lowest BCUT2D eigenvalue weighted by molar-refractivity contribution is -0.148. The van der Waals surface area contributed by atoms with Gasteiger partial charge in [-0.05, 0) is 66.9 Å². The molecule has 0 aromatic carbocycles. The molecular formula is C28H43NO6. The van der Waals surface area contributed by atoms with E-state index in [0.29, 0.717) is 17.4 Å². The van der Waals surface area contributed by atoms with Crippen LogP contribution in [-0.2, 0) is 9.53 Å². The maximum Gasteiger partial charge on any atom is 0.410 e. The molecule has 7 atom stereocenters. The van der Waals surface area contributed by atoms with Crippen molar-refractivity contribution in [3.63, 3.8) is 0 Å². The molecule has 0 aliphatic heterocycles. The molecule has 0 heterocycles. The van der Waals surface area contributed by atoms with Gasteiger partial charge in [0, 0.05) is 25.4 Å². The molecule has 4 rings (SSSR count). The number of amides is 1. The third-order valence-electron chi connectivity index (χ3n) is 9.50. The Morgan fingerprint density at radius 3 is 2.54 bits per heavy atom. The fourth-order valence-corrected chi connectivity index (χ4v) is 7.10. The topological polar surface area (TPSA) is 107 Å². The van der Waals surface area contributed by atoms with Gasteiger partial charge in [-0.25, -0.2) is 4.79 Å². The lowest BCUT2D eigenvalue weighted by atomic mass is 9.79. The second kappa shape index (κ2) is 9.64. The van der Waals surface area contributed by atoms with Crippen LogP contribution in [0.2, 0.25) is 0 Å². The Balaban J connectivity index is 1.74. The van der Waals surface area contributed by atoms with Gasteiger partial charge in [0.2, 0.25) is 0 Å². The highest BCUT2D eigenvalue weighted by Crippen LogP contribution is 2.65. The van der Waals surface area contributed by atoms with Crippen molar-refractivity contribution < 1.29 is 29.6 Å². The van der Waals surface area contributed by atoms with E-state index in [4.69, 9.17) is 4.74 Å². The monoisotopic (exact) mass is 489 g/mol. The Morgan fingerprint density at radius 2 is 1.91 bits per heavy atom. The summed E-state index contributed by atoms with van der Waals surface area (Å²) in [4.78, 5) is 28.4. The van der Waals surface area contributed by atoms with Crippen LogP contribution < -0.4 is 0 Å². The van der Waals surface area contributed by atoms with Gasteiger partial charge in [0.25, 0.3) is 0 Å². The van der Waals surface area contributed by atoms with E-state index in [0.717, 1.165) is 38.5 Å². The maximum absolute atomic E-state index is 13.6. The molecular weight excluding hydrogens is 446 g/mol. The molecule has 0 unspecified atom stereocenters. The van der Waals surface area contributed by atoms with Crippen molar-refractivity contribution in [1.82, 2.24) is 4.90 Å². The molecule has 3 N–H and O–H groups in total. The molecule has 4 aliphatic carbocycles. The van der Waals surface area contributed by atoms with E-state index < -0.39 is 36.4 Å². The number of hydrogen-bond donors (Lipinski definition) is 3. The van der Waals surface area contributed by atoms with Gasteiger partial charge < -0.3 is 25.0 Å². The smallest absolute Gasteiger partial charge is 0.410 e. The largest absolute Gasteiger partial charge is 0.438 e. The quantitative estimate of drug-likeness (QED) is 0.523. The maximum atomic E-state index is 13.6. The lowest BCUT2D eigenvalue weighted by Gasteiger charge is -2.40. The first kappa shape index (κ1) is 26.4. The van der Waals surface area contributed by atoms with Crippen LogP contribution in [0.1, 0.15) is 72.6 Å². The number of carbonyl (C=O) groups excluding carboxylic acids is 2. The van der Waals surface area contributed by atoms with Crippen LogP contribution >= 0.6 is 0 Å². The van der Waals surface area contributed by atoms with E-state index in [1.54, 1.807) is 24.9 Å². The highest BCUT2D eigenvalue weighted by molar-refractivity contribution is 5.86. The molecule has 7 nitrogen and oxygen atoms in total. The van der Waals surface area contributed by atoms with Gasteiger partial charge in [-0.2, -0.15) is 0 Å². The van der Waals surface area contributed by atoms with Gasteiger partial charge in [0.15, 0.2) is 6.10 Å². The van der Waals surface area contributed by atoms with E-state index in [1.807, 2.05) is 6.08 Å². The number of ether oxygens (including phenoxy) is 1. The SMILES string of the molecule is C/C1=C/C[C@H](C)C[C@@H]2[C@H]([C@@H]3C=C(CO)[C@@H](O)[C@@](O)(CC3=O)[C@H]1OC(=O)N(C)C1CCCC1)C2(C)C. The summed E-state index contributed by atoms with van der Waals surface area (Å²) in [6.45, 7) is 7.84. The first-order valence-electron chi connectivity index (χ1n) is 13.3. The summed E-state index contributed by atoms with van der Waals surface area (Å²) in [7, 11) is 1.71. The number of Topliss-reactive ketones (excluding diaryl/α,β-unsaturated/α-hetero) is 1. The zero-order valence-electron chi connectivity index (χ0n) is 21.9. The minimum atomic E-state index is -2.07. The molecule has 0 spiro atoms. The number of hydrogen-bond acceptors (Lipinski definition) is 6. The number of allylic oxidation sites excluding steroid dienone is 2. The number of nitrogens with zero attached hydrogens (tertiary/aromatic N) is 1. The zero-order valence-corrected chi connectivity index (χ0v) is 21.9. The predicted molar refractivity (Wildman–Crippen MR) is 132 cm³/mol. The van der Waals surface area contributed by atoms with E-state index >= 15 is 0 Å².